The molecule has 0 heterocycles. The van der Waals surface area contributed by atoms with E-state index >= 15 is 0 Å². The van der Waals surface area contributed by atoms with Crippen LogP contribution in [-0.4, -0.2) is 26.3 Å². The van der Waals surface area contributed by atoms with E-state index in [4.69, 9.17) is 4.74 Å². The SMILES string of the molecule is CC(C)OCCN(C)c1ccc(CBr)cc1. The second kappa shape index (κ2) is 6.92. The summed E-state index contributed by atoms with van der Waals surface area (Å²) in [5.41, 5.74) is 2.53. The third-order valence-corrected chi connectivity index (χ3v) is 3.06. The molecule has 0 bridgehead atoms. The highest BCUT2D eigenvalue weighted by atomic mass is 79.9. The van der Waals surface area contributed by atoms with Gasteiger partial charge in [0.25, 0.3) is 0 Å². The van der Waals surface area contributed by atoms with Crippen molar-refractivity contribution in [3.8, 4) is 0 Å². The monoisotopic (exact) mass is 285 g/mol. The van der Waals surface area contributed by atoms with Crippen LogP contribution in [0.3, 0.4) is 0 Å². The molecule has 0 aliphatic heterocycles. The number of ether oxygens (including phenoxy) is 1. The van der Waals surface area contributed by atoms with Crippen LogP contribution in [0.2, 0.25) is 0 Å². The molecule has 90 valence electrons. The highest BCUT2D eigenvalue weighted by Gasteiger charge is 2.01. The van der Waals surface area contributed by atoms with Gasteiger partial charge in [-0.15, -0.1) is 0 Å². The van der Waals surface area contributed by atoms with Gasteiger partial charge >= 0.3 is 0 Å². The summed E-state index contributed by atoms with van der Waals surface area (Å²) < 4.78 is 5.53. The fourth-order valence-electron chi connectivity index (χ4n) is 1.39. The Kier molecular flexibility index (Phi) is 5.85. The summed E-state index contributed by atoms with van der Waals surface area (Å²) in [5.74, 6) is 0. The van der Waals surface area contributed by atoms with E-state index in [9.17, 15) is 0 Å². The van der Waals surface area contributed by atoms with Crippen molar-refractivity contribution in [2.75, 3.05) is 25.1 Å². The number of halogens is 1. The first-order valence-electron chi connectivity index (χ1n) is 5.61. The molecule has 1 aromatic rings. The molecule has 0 atom stereocenters. The molecule has 0 saturated heterocycles. The van der Waals surface area contributed by atoms with Crippen molar-refractivity contribution in [3.63, 3.8) is 0 Å². The zero-order chi connectivity index (χ0) is 12.0. The first-order valence-corrected chi connectivity index (χ1v) is 6.73. The summed E-state index contributed by atoms with van der Waals surface area (Å²) in [7, 11) is 2.09. The molecule has 0 aliphatic rings. The van der Waals surface area contributed by atoms with E-state index in [1.165, 1.54) is 11.3 Å². The van der Waals surface area contributed by atoms with E-state index in [1.807, 2.05) is 0 Å². The van der Waals surface area contributed by atoms with Crippen molar-refractivity contribution in [2.45, 2.75) is 25.3 Å². The second-order valence-electron chi connectivity index (χ2n) is 4.14. The van der Waals surface area contributed by atoms with Crippen LogP contribution in [-0.2, 0) is 10.1 Å². The molecule has 1 aromatic carbocycles. The van der Waals surface area contributed by atoms with Crippen LogP contribution in [0.4, 0.5) is 5.69 Å². The number of nitrogens with zero attached hydrogens (tertiary/aromatic N) is 1. The molecule has 0 unspecified atom stereocenters. The maximum Gasteiger partial charge on any atom is 0.0644 e. The molecule has 0 saturated carbocycles. The van der Waals surface area contributed by atoms with Crippen molar-refractivity contribution in [3.05, 3.63) is 29.8 Å². The molecular weight excluding hydrogens is 266 g/mol. The minimum Gasteiger partial charge on any atom is -0.377 e. The van der Waals surface area contributed by atoms with Crippen molar-refractivity contribution in [2.24, 2.45) is 0 Å². The number of alkyl halides is 1. The van der Waals surface area contributed by atoms with Crippen LogP contribution in [0.1, 0.15) is 19.4 Å². The van der Waals surface area contributed by atoms with Gasteiger partial charge in [0, 0.05) is 24.6 Å². The average molecular weight is 286 g/mol. The Balaban J connectivity index is 2.43. The average Bonchev–Trinajstić information content (AvgIpc) is 2.28. The minimum atomic E-state index is 0.309. The smallest absolute Gasteiger partial charge is 0.0644 e. The van der Waals surface area contributed by atoms with Crippen molar-refractivity contribution < 1.29 is 4.74 Å². The van der Waals surface area contributed by atoms with Crippen LogP contribution in [0.5, 0.6) is 0 Å². The van der Waals surface area contributed by atoms with Crippen molar-refractivity contribution >= 4 is 21.6 Å². The first-order chi connectivity index (χ1) is 7.63. The number of hydrogen-bond donors (Lipinski definition) is 0. The quantitative estimate of drug-likeness (QED) is 0.743. The van der Waals surface area contributed by atoms with Crippen LogP contribution in [0, 0.1) is 0 Å². The molecule has 0 aromatic heterocycles. The molecule has 0 spiro atoms. The van der Waals surface area contributed by atoms with Gasteiger partial charge in [-0.25, -0.2) is 0 Å². The Morgan fingerprint density at radius 3 is 2.38 bits per heavy atom. The molecule has 0 radical (unpaired) electrons. The van der Waals surface area contributed by atoms with Crippen molar-refractivity contribution in [1.82, 2.24) is 0 Å². The summed E-state index contributed by atoms with van der Waals surface area (Å²) >= 11 is 3.44. The summed E-state index contributed by atoms with van der Waals surface area (Å²) in [6.45, 7) is 5.82. The van der Waals surface area contributed by atoms with Gasteiger partial charge in [-0.3, -0.25) is 0 Å². The topological polar surface area (TPSA) is 12.5 Å². The summed E-state index contributed by atoms with van der Waals surface area (Å²) in [4.78, 5) is 2.21. The van der Waals surface area contributed by atoms with Crippen molar-refractivity contribution in [1.29, 1.82) is 0 Å². The van der Waals surface area contributed by atoms with Gasteiger partial charge in [-0.1, -0.05) is 28.1 Å². The van der Waals surface area contributed by atoms with Gasteiger partial charge in [-0.2, -0.15) is 0 Å². The van der Waals surface area contributed by atoms with Crippen LogP contribution in [0.25, 0.3) is 0 Å². The number of rotatable bonds is 6. The third-order valence-electron chi connectivity index (χ3n) is 2.41. The Morgan fingerprint density at radius 1 is 1.25 bits per heavy atom. The lowest BCUT2D eigenvalue weighted by atomic mass is 10.2. The zero-order valence-electron chi connectivity index (χ0n) is 10.2. The van der Waals surface area contributed by atoms with E-state index in [0.717, 1.165) is 18.5 Å². The predicted molar refractivity (Wildman–Crippen MR) is 73.4 cm³/mol. The normalized spacial score (nSPS) is 10.8. The molecular formula is C13H20BrNO. The molecule has 1 rings (SSSR count). The van der Waals surface area contributed by atoms with Crippen LogP contribution in [0.15, 0.2) is 24.3 Å². The molecule has 3 heteroatoms. The van der Waals surface area contributed by atoms with E-state index in [0.29, 0.717) is 6.10 Å². The molecule has 0 N–H and O–H groups in total. The highest BCUT2D eigenvalue weighted by molar-refractivity contribution is 9.08. The fraction of sp³-hybridized carbons (Fsp3) is 0.538. The van der Waals surface area contributed by atoms with E-state index in [1.54, 1.807) is 0 Å². The van der Waals surface area contributed by atoms with Gasteiger partial charge < -0.3 is 9.64 Å². The molecule has 2 nitrogen and oxygen atoms in total. The summed E-state index contributed by atoms with van der Waals surface area (Å²) in [6, 6.07) is 8.58. The van der Waals surface area contributed by atoms with Crippen LogP contribution >= 0.6 is 15.9 Å². The maximum absolute atomic E-state index is 5.53. The summed E-state index contributed by atoms with van der Waals surface area (Å²) in [6.07, 6.45) is 0.309. The van der Waals surface area contributed by atoms with Gasteiger partial charge in [-0.05, 0) is 31.5 Å². The number of benzene rings is 1. The number of likely N-dealkylation sites (N-methyl/N-ethyl adjacent to an activating group) is 1. The molecule has 0 aliphatic carbocycles. The van der Waals surface area contributed by atoms with Gasteiger partial charge in [0.1, 0.15) is 0 Å². The highest BCUT2D eigenvalue weighted by Crippen LogP contribution is 2.15. The molecule has 16 heavy (non-hydrogen) atoms. The van der Waals surface area contributed by atoms with E-state index in [2.05, 4.69) is 66.0 Å². The lowest BCUT2D eigenvalue weighted by Crippen LogP contribution is -2.23. The Morgan fingerprint density at radius 2 is 1.88 bits per heavy atom. The largest absolute Gasteiger partial charge is 0.377 e. The van der Waals surface area contributed by atoms with Crippen LogP contribution < -0.4 is 4.90 Å². The number of anilines is 1. The third kappa shape index (κ3) is 4.54. The number of hydrogen-bond acceptors (Lipinski definition) is 2. The lowest BCUT2D eigenvalue weighted by Gasteiger charge is -2.20. The maximum atomic E-state index is 5.53. The zero-order valence-corrected chi connectivity index (χ0v) is 11.8. The van der Waals surface area contributed by atoms with Gasteiger partial charge in [0.2, 0.25) is 0 Å². The van der Waals surface area contributed by atoms with E-state index in [-0.39, 0.29) is 0 Å². The predicted octanol–water partition coefficient (Wildman–Crippen LogP) is 3.44. The van der Waals surface area contributed by atoms with Gasteiger partial charge in [0.15, 0.2) is 0 Å². The second-order valence-corrected chi connectivity index (χ2v) is 4.70. The van der Waals surface area contributed by atoms with E-state index < -0.39 is 0 Å². The molecule has 0 fully saturated rings. The summed E-state index contributed by atoms with van der Waals surface area (Å²) in [5, 5.41) is 0.910. The lowest BCUT2D eigenvalue weighted by molar-refractivity contribution is 0.0846. The Hall–Kier alpha value is -0.540. The Bertz CT molecular complexity index is 297. The fourth-order valence-corrected chi connectivity index (χ4v) is 1.77. The minimum absolute atomic E-state index is 0.309. The van der Waals surface area contributed by atoms with Gasteiger partial charge in [0.05, 0.1) is 12.7 Å². The molecule has 0 amide bonds. The first kappa shape index (κ1) is 13.5. The standard InChI is InChI=1S/C13H20BrNO/c1-11(2)16-9-8-15(3)13-6-4-12(10-14)5-7-13/h4-7,11H,8-10H2,1-3H3. The Labute approximate surface area is 107 Å².